The molecule has 0 fully saturated rings. The number of hydrogen-bond acceptors (Lipinski definition) is 0. The Hall–Kier alpha value is -0.0400. The topological polar surface area (TPSA) is 0 Å². The molecule has 0 radical (unpaired) electrons. The highest BCUT2D eigenvalue weighted by Crippen LogP contribution is 2.24. The Kier molecular flexibility index (Phi) is 8.26. The summed E-state index contributed by atoms with van der Waals surface area (Å²) < 4.78 is 0. The van der Waals surface area contributed by atoms with Crippen LogP contribution in [0, 0.1) is 11.8 Å². The molecule has 0 saturated carbocycles. The highest BCUT2D eigenvalue weighted by atomic mass is 79.9. The fraction of sp³-hybridized carbons (Fsp3) is 0.692. The van der Waals surface area contributed by atoms with E-state index >= 15 is 0 Å². The molecule has 0 heterocycles. The summed E-state index contributed by atoms with van der Waals surface area (Å²) in [4.78, 5) is 0. The van der Waals surface area contributed by atoms with Crippen molar-refractivity contribution in [3.05, 3.63) is 24.8 Å². The Morgan fingerprint density at radius 2 is 2.00 bits per heavy atom. The molecule has 1 heteroatoms. The van der Waals surface area contributed by atoms with Crippen molar-refractivity contribution in [1.82, 2.24) is 0 Å². The van der Waals surface area contributed by atoms with E-state index in [-0.39, 0.29) is 0 Å². The van der Waals surface area contributed by atoms with E-state index < -0.39 is 0 Å². The first-order valence-electron chi connectivity index (χ1n) is 5.44. The van der Waals surface area contributed by atoms with E-state index in [0.717, 1.165) is 17.7 Å². The molecular weight excluding hydrogens is 236 g/mol. The van der Waals surface area contributed by atoms with Crippen molar-refractivity contribution in [2.75, 3.05) is 5.33 Å². The van der Waals surface area contributed by atoms with Gasteiger partial charge in [0.05, 0.1) is 0 Å². The molecular formula is C13H23Br. The second-order valence-corrected chi connectivity index (χ2v) is 4.89. The minimum Gasteiger partial charge on any atom is -0.103 e. The molecule has 0 aromatic rings. The lowest BCUT2D eigenvalue weighted by molar-refractivity contribution is 0.453. The van der Waals surface area contributed by atoms with Crippen LogP contribution in [0.15, 0.2) is 24.8 Å². The summed E-state index contributed by atoms with van der Waals surface area (Å²) in [6, 6.07) is 0. The monoisotopic (exact) mass is 258 g/mol. The Bertz CT molecular complexity index is 172. The van der Waals surface area contributed by atoms with Crippen LogP contribution in [0.1, 0.15) is 39.5 Å². The SMILES string of the molecule is C=CCCC(CCC(C)CBr)C(=C)C. The van der Waals surface area contributed by atoms with Crippen LogP contribution in [0.2, 0.25) is 0 Å². The van der Waals surface area contributed by atoms with Gasteiger partial charge in [0.2, 0.25) is 0 Å². The second-order valence-electron chi connectivity index (χ2n) is 4.25. The molecule has 0 aliphatic rings. The maximum Gasteiger partial charge on any atom is 0.00570 e. The second kappa shape index (κ2) is 8.28. The van der Waals surface area contributed by atoms with Gasteiger partial charge >= 0.3 is 0 Å². The average molecular weight is 259 g/mol. The van der Waals surface area contributed by atoms with Gasteiger partial charge in [0.25, 0.3) is 0 Å². The standard InChI is InChI=1S/C13H23Br/c1-5-6-7-13(11(2)3)9-8-12(4)10-14/h5,12-13H,1-2,6-10H2,3-4H3. The van der Waals surface area contributed by atoms with Crippen LogP contribution >= 0.6 is 15.9 Å². The molecule has 82 valence electrons. The van der Waals surface area contributed by atoms with Gasteiger partial charge in [-0.05, 0) is 44.4 Å². The van der Waals surface area contributed by atoms with E-state index in [0.29, 0.717) is 5.92 Å². The molecule has 2 atom stereocenters. The molecule has 0 aromatic heterocycles. The highest BCUT2D eigenvalue weighted by molar-refractivity contribution is 9.09. The molecule has 0 spiro atoms. The first-order valence-corrected chi connectivity index (χ1v) is 6.56. The molecule has 0 N–H and O–H groups in total. The van der Waals surface area contributed by atoms with E-state index in [2.05, 4.69) is 42.9 Å². The predicted molar refractivity (Wildman–Crippen MR) is 69.9 cm³/mol. The van der Waals surface area contributed by atoms with Crippen molar-refractivity contribution in [2.24, 2.45) is 11.8 Å². The molecule has 0 aliphatic carbocycles. The lowest BCUT2D eigenvalue weighted by atomic mass is 9.89. The smallest absolute Gasteiger partial charge is 0.00570 e. The largest absolute Gasteiger partial charge is 0.103 e. The summed E-state index contributed by atoms with van der Waals surface area (Å²) in [5.41, 5.74) is 1.33. The Balaban J connectivity index is 3.84. The minimum atomic E-state index is 0.689. The zero-order chi connectivity index (χ0) is 11.0. The van der Waals surface area contributed by atoms with Crippen LogP contribution < -0.4 is 0 Å². The highest BCUT2D eigenvalue weighted by Gasteiger charge is 2.10. The maximum atomic E-state index is 4.07. The summed E-state index contributed by atoms with van der Waals surface area (Å²) in [5.74, 6) is 1.47. The number of hydrogen-bond donors (Lipinski definition) is 0. The Morgan fingerprint density at radius 1 is 1.36 bits per heavy atom. The van der Waals surface area contributed by atoms with Gasteiger partial charge in [0.1, 0.15) is 0 Å². The zero-order valence-electron chi connectivity index (χ0n) is 9.56. The summed E-state index contributed by atoms with van der Waals surface area (Å²) in [7, 11) is 0. The van der Waals surface area contributed by atoms with Gasteiger partial charge in [-0.1, -0.05) is 41.1 Å². The quantitative estimate of drug-likeness (QED) is 0.427. The first kappa shape index (κ1) is 14.0. The fourth-order valence-corrected chi connectivity index (χ4v) is 1.84. The van der Waals surface area contributed by atoms with Crippen molar-refractivity contribution >= 4 is 15.9 Å². The fourth-order valence-electron chi connectivity index (χ4n) is 1.52. The van der Waals surface area contributed by atoms with Crippen molar-refractivity contribution in [1.29, 1.82) is 0 Å². The van der Waals surface area contributed by atoms with Crippen LogP contribution in [0.4, 0.5) is 0 Å². The van der Waals surface area contributed by atoms with Gasteiger partial charge in [-0.3, -0.25) is 0 Å². The van der Waals surface area contributed by atoms with Crippen molar-refractivity contribution in [3.8, 4) is 0 Å². The molecule has 2 unspecified atom stereocenters. The number of alkyl halides is 1. The molecule has 0 saturated heterocycles. The van der Waals surface area contributed by atoms with Gasteiger partial charge in [-0.15, -0.1) is 6.58 Å². The number of halogens is 1. The summed E-state index contributed by atoms with van der Waals surface area (Å²) >= 11 is 3.52. The average Bonchev–Trinajstić information content (AvgIpc) is 2.16. The van der Waals surface area contributed by atoms with Gasteiger partial charge in [-0.2, -0.15) is 0 Å². The summed E-state index contributed by atoms with van der Waals surface area (Å²) in [6.07, 6.45) is 6.90. The molecule has 14 heavy (non-hydrogen) atoms. The molecule has 0 nitrogen and oxygen atoms in total. The molecule has 0 rings (SSSR count). The predicted octanol–water partition coefficient (Wildman–Crippen LogP) is 4.96. The van der Waals surface area contributed by atoms with E-state index in [4.69, 9.17) is 0 Å². The van der Waals surface area contributed by atoms with Crippen molar-refractivity contribution < 1.29 is 0 Å². The van der Waals surface area contributed by atoms with Gasteiger partial charge in [0, 0.05) is 5.33 Å². The Labute approximate surface area is 97.6 Å². The van der Waals surface area contributed by atoms with Crippen molar-refractivity contribution in [2.45, 2.75) is 39.5 Å². The number of allylic oxidation sites excluding steroid dienone is 2. The third-order valence-corrected chi connectivity index (χ3v) is 3.79. The van der Waals surface area contributed by atoms with Crippen LogP contribution in [-0.2, 0) is 0 Å². The zero-order valence-corrected chi connectivity index (χ0v) is 11.1. The van der Waals surface area contributed by atoms with E-state index in [1.807, 2.05) is 6.08 Å². The Morgan fingerprint density at radius 3 is 2.43 bits per heavy atom. The third-order valence-electron chi connectivity index (χ3n) is 2.69. The minimum absolute atomic E-state index is 0.689. The molecule has 0 aliphatic heterocycles. The molecule has 0 amide bonds. The van der Waals surface area contributed by atoms with Crippen LogP contribution in [-0.4, -0.2) is 5.33 Å². The number of rotatable bonds is 8. The lowest BCUT2D eigenvalue weighted by Gasteiger charge is -2.17. The van der Waals surface area contributed by atoms with E-state index in [1.165, 1.54) is 24.8 Å². The van der Waals surface area contributed by atoms with Crippen LogP contribution in [0.25, 0.3) is 0 Å². The maximum absolute atomic E-state index is 4.07. The van der Waals surface area contributed by atoms with Gasteiger partial charge < -0.3 is 0 Å². The van der Waals surface area contributed by atoms with Crippen LogP contribution in [0.5, 0.6) is 0 Å². The van der Waals surface area contributed by atoms with Gasteiger partial charge in [-0.25, -0.2) is 0 Å². The molecule has 0 aromatic carbocycles. The first-order chi connectivity index (χ1) is 6.61. The molecule has 0 bridgehead atoms. The summed E-state index contributed by atoms with van der Waals surface area (Å²) in [5, 5.41) is 1.11. The lowest BCUT2D eigenvalue weighted by Crippen LogP contribution is -2.05. The third kappa shape index (κ3) is 6.42. The van der Waals surface area contributed by atoms with Crippen molar-refractivity contribution in [3.63, 3.8) is 0 Å². The van der Waals surface area contributed by atoms with E-state index in [1.54, 1.807) is 0 Å². The van der Waals surface area contributed by atoms with Crippen LogP contribution in [0.3, 0.4) is 0 Å². The normalized spacial score (nSPS) is 14.8. The van der Waals surface area contributed by atoms with Gasteiger partial charge in [0.15, 0.2) is 0 Å². The summed E-state index contributed by atoms with van der Waals surface area (Å²) in [6.45, 7) is 12.3. The van der Waals surface area contributed by atoms with E-state index in [9.17, 15) is 0 Å².